The largest absolute Gasteiger partial charge is 0.333 e. The van der Waals surface area contributed by atoms with Gasteiger partial charge in [-0.05, 0) is 6.42 Å². The molecular formula is C10H20O3. The number of ether oxygens (including phenoxy) is 3. The average molecular weight is 188 g/mol. The molecule has 13 heavy (non-hydrogen) atoms. The molecule has 1 rings (SSSR count). The van der Waals surface area contributed by atoms with Gasteiger partial charge in [0, 0.05) is 7.11 Å². The molecule has 0 N–H and O–H groups in total. The molecule has 0 amide bonds. The Hall–Kier alpha value is -0.120. The van der Waals surface area contributed by atoms with Gasteiger partial charge in [0.2, 0.25) is 0 Å². The average Bonchev–Trinajstić information content (AvgIpc) is 2.60. The minimum absolute atomic E-state index is 0.252. The highest BCUT2D eigenvalue weighted by Crippen LogP contribution is 2.17. The maximum absolute atomic E-state index is 5.45. The van der Waals surface area contributed by atoms with E-state index in [0.717, 1.165) is 6.42 Å². The third-order valence-electron chi connectivity index (χ3n) is 2.29. The Labute approximate surface area is 80.4 Å². The first-order valence-electron chi connectivity index (χ1n) is 5.16. The molecule has 0 bridgehead atoms. The van der Waals surface area contributed by atoms with Crippen LogP contribution < -0.4 is 0 Å². The predicted molar refractivity (Wildman–Crippen MR) is 50.4 cm³/mol. The second-order valence-electron chi connectivity index (χ2n) is 3.47. The Balaban J connectivity index is 1.97. The molecule has 0 aromatic rings. The molecule has 1 fully saturated rings. The molecule has 0 aromatic heterocycles. The van der Waals surface area contributed by atoms with E-state index in [1.54, 1.807) is 7.11 Å². The van der Waals surface area contributed by atoms with Gasteiger partial charge in [-0.1, -0.05) is 32.6 Å². The fraction of sp³-hybridized carbons (Fsp3) is 1.00. The van der Waals surface area contributed by atoms with Crippen molar-refractivity contribution in [2.24, 2.45) is 0 Å². The molecule has 0 radical (unpaired) electrons. The zero-order chi connectivity index (χ0) is 9.52. The summed E-state index contributed by atoms with van der Waals surface area (Å²) in [6.45, 7) is 2.48. The van der Waals surface area contributed by atoms with Crippen LogP contribution in [0.15, 0.2) is 0 Å². The van der Waals surface area contributed by atoms with E-state index in [4.69, 9.17) is 14.2 Å². The lowest BCUT2D eigenvalue weighted by molar-refractivity contribution is -0.223. The monoisotopic (exact) mass is 188 g/mol. The highest BCUT2D eigenvalue weighted by Gasteiger charge is 2.24. The standard InChI is InChI=1S/C10H20O3/c1-3-4-5-6-7-9-8-12-10(11-2)13-9/h9-10H,3-8H2,1-2H3/t9-,10-/m1/s1. The van der Waals surface area contributed by atoms with Gasteiger partial charge in [0.15, 0.2) is 0 Å². The Morgan fingerprint density at radius 2 is 2.15 bits per heavy atom. The lowest BCUT2D eigenvalue weighted by Crippen LogP contribution is -2.13. The fourth-order valence-electron chi connectivity index (χ4n) is 1.50. The number of unbranched alkanes of at least 4 members (excludes halogenated alkanes) is 3. The van der Waals surface area contributed by atoms with Crippen LogP contribution in [0.4, 0.5) is 0 Å². The van der Waals surface area contributed by atoms with Crippen LogP contribution in [0.2, 0.25) is 0 Å². The van der Waals surface area contributed by atoms with Crippen LogP contribution in [0, 0.1) is 0 Å². The molecule has 1 aliphatic heterocycles. The van der Waals surface area contributed by atoms with Crippen LogP contribution in [-0.4, -0.2) is 26.3 Å². The van der Waals surface area contributed by atoms with Gasteiger partial charge in [-0.25, -0.2) is 0 Å². The van der Waals surface area contributed by atoms with E-state index in [1.807, 2.05) is 0 Å². The van der Waals surface area contributed by atoms with E-state index in [1.165, 1.54) is 25.7 Å². The summed E-state index contributed by atoms with van der Waals surface area (Å²) < 4.78 is 15.6. The first-order chi connectivity index (χ1) is 6.36. The summed E-state index contributed by atoms with van der Waals surface area (Å²) in [5.74, 6) is 0. The summed E-state index contributed by atoms with van der Waals surface area (Å²) in [5.41, 5.74) is 0. The molecule has 2 atom stereocenters. The van der Waals surface area contributed by atoms with Gasteiger partial charge in [-0.3, -0.25) is 0 Å². The van der Waals surface area contributed by atoms with E-state index in [-0.39, 0.29) is 6.10 Å². The second kappa shape index (κ2) is 6.35. The van der Waals surface area contributed by atoms with Crippen LogP contribution in [0.1, 0.15) is 39.0 Å². The summed E-state index contributed by atoms with van der Waals surface area (Å²) in [6, 6.07) is 0. The normalized spacial score (nSPS) is 28.2. The van der Waals surface area contributed by atoms with Gasteiger partial charge in [-0.2, -0.15) is 0 Å². The van der Waals surface area contributed by atoms with Gasteiger partial charge in [0.1, 0.15) is 0 Å². The topological polar surface area (TPSA) is 27.7 Å². The summed E-state index contributed by atoms with van der Waals surface area (Å²) in [6.07, 6.45) is 6.48. The predicted octanol–water partition coefficient (Wildman–Crippen LogP) is 2.30. The molecule has 3 nitrogen and oxygen atoms in total. The van der Waals surface area contributed by atoms with Gasteiger partial charge in [-0.15, -0.1) is 0 Å². The Kier molecular flexibility index (Phi) is 5.35. The molecule has 0 spiro atoms. The number of methoxy groups -OCH3 is 1. The molecule has 3 heteroatoms. The number of rotatable bonds is 6. The fourth-order valence-corrected chi connectivity index (χ4v) is 1.50. The van der Waals surface area contributed by atoms with Crippen LogP contribution in [-0.2, 0) is 14.2 Å². The Morgan fingerprint density at radius 1 is 1.31 bits per heavy atom. The Bertz CT molecular complexity index is 127. The smallest absolute Gasteiger partial charge is 0.271 e. The van der Waals surface area contributed by atoms with Crippen LogP contribution in [0.5, 0.6) is 0 Å². The van der Waals surface area contributed by atoms with Crippen molar-refractivity contribution < 1.29 is 14.2 Å². The molecule has 0 aliphatic carbocycles. The third-order valence-corrected chi connectivity index (χ3v) is 2.29. The van der Waals surface area contributed by atoms with Gasteiger partial charge in [0.05, 0.1) is 12.7 Å². The van der Waals surface area contributed by atoms with Crippen molar-refractivity contribution >= 4 is 0 Å². The van der Waals surface area contributed by atoms with Crippen molar-refractivity contribution in [3.63, 3.8) is 0 Å². The van der Waals surface area contributed by atoms with Crippen molar-refractivity contribution in [1.29, 1.82) is 0 Å². The SMILES string of the molecule is CCCCCC[C@@H]1CO[C@@H](OC)O1. The lowest BCUT2D eigenvalue weighted by Gasteiger charge is -2.08. The molecule has 78 valence electrons. The first-order valence-corrected chi connectivity index (χ1v) is 5.16. The third kappa shape index (κ3) is 4.07. The Morgan fingerprint density at radius 3 is 2.77 bits per heavy atom. The number of hydrogen-bond donors (Lipinski definition) is 0. The quantitative estimate of drug-likeness (QED) is 0.599. The molecule has 0 saturated carbocycles. The summed E-state index contributed by atoms with van der Waals surface area (Å²) in [7, 11) is 1.60. The molecule has 1 aliphatic rings. The van der Waals surface area contributed by atoms with E-state index in [0.29, 0.717) is 6.61 Å². The van der Waals surface area contributed by atoms with Crippen molar-refractivity contribution in [3.8, 4) is 0 Å². The van der Waals surface area contributed by atoms with E-state index in [9.17, 15) is 0 Å². The maximum Gasteiger partial charge on any atom is 0.271 e. The van der Waals surface area contributed by atoms with Crippen molar-refractivity contribution in [1.82, 2.24) is 0 Å². The highest BCUT2D eigenvalue weighted by molar-refractivity contribution is 4.61. The van der Waals surface area contributed by atoms with E-state index < -0.39 is 6.48 Å². The van der Waals surface area contributed by atoms with Crippen molar-refractivity contribution in [3.05, 3.63) is 0 Å². The van der Waals surface area contributed by atoms with Crippen molar-refractivity contribution in [2.75, 3.05) is 13.7 Å². The first kappa shape index (κ1) is 11.0. The second-order valence-corrected chi connectivity index (χ2v) is 3.47. The molecule has 0 unspecified atom stereocenters. The lowest BCUT2D eigenvalue weighted by atomic mass is 10.1. The molecule has 1 saturated heterocycles. The van der Waals surface area contributed by atoms with Crippen LogP contribution >= 0.6 is 0 Å². The summed E-state index contributed by atoms with van der Waals surface area (Å²) in [5, 5.41) is 0. The summed E-state index contributed by atoms with van der Waals surface area (Å²) in [4.78, 5) is 0. The van der Waals surface area contributed by atoms with Gasteiger partial charge >= 0.3 is 0 Å². The number of hydrogen-bond acceptors (Lipinski definition) is 3. The maximum atomic E-state index is 5.45. The summed E-state index contributed by atoms with van der Waals surface area (Å²) >= 11 is 0. The molecule has 1 heterocycles. The highest BCUT2D eigenvalue weighted by atomic mass is 16.9. The minimum atomic E-state index is -0.420. The van der Waals surface area contributed by atoms with E-state index >= 15 is 0 Å². The molecular weight excluding hydrogens is 168 g/mol. The minimum Gasteiger partial charge on any atom is -0.333 e. The molecule has 0 aromatic carbocycles. The van der Waals surface area contributed by atoms with Crippen LogP contribution in [0.25, 0.3) is 0 Å². The van der Waals surface area contributed by atoms with Gasteiger partial charge in [0.25, 0.3) is 6.48 Å². The zero-order valence-corrected chi connectivity index (χ0v) is 8.62. The zero-order valence-electron chi connectivity index (χ0n) is 8.62. The van der Waals surface area contributed by atoms with Crippen LogP contribution in [0.3, 0.4) is 0 Å². The van der Waals surface area contributed by atoms with Crippen molar-refractivity contribution in [2.45, 2.75) is 51.6 Å². The van der Waals surface area contributed by atoms with E-state index in [2.05, 4.69) is 6.92 Å². The van der Waals surface area contributed by atoms with Gasteiger partial charge < -0.3 is 14.2 Å².